The summed E-state index contributed by atoms with van der Waals surface area (Å²) in [6.07, 6.45) is 0. The topological polar surface area (TPSA) is 73.6 Å². The van der Waals surface area contributed by atoms with Gasteiger partial charge < -0.3 is 19.2 Å². The van der Waals surface area contributed by atoms with Gasteiger partial charge in [0.25, 0.3) is 5.91 Å². The van der Waals surface area contributed by atoms with E-state index in [1.54, 1.807) is 30.6 Å². The second-order valence-electron chi connectivity index (χ2n) is 5.96. The maximum atomic E-state index is 12.3. The monoisotopic (exact) mass is 394 g/mol. The SMILES string of the molecule is COc1ccccc1OCc1ccc(C(=O)NCc2nc3ccccc3s2)o1. The molecule has 1 amide bonds. The molecule has 0 aliphatic heterocycles. The van der Waals surface area contributed by atoms with Crippen molar-refractivity contribution in [1.29, 1.82) is 0 Å². The molecule has 28 heavy (non-hydrogen) atoms. The van der Waals surface area contributed by atoms with E-state index in [1.165, 1.54) is 0 Å². The first-order chi connectivity index (χ1) is 13.7. The van der Waals surface area contributed by atoms with Crippen LogP contribution in [-0.4, -0.2) is 18.0 Å². The minimum atomic E-state index is -0.289. The average Bonchev–Trinajstić information content (AvgIpc) is 3.37. The number of rotatable bonds is 7. The molecule has 0 saturated carbocycles. The third kappa shape index (κ3) is 3.99. The lowest BCUT2D eigenvalue weighted by Crippen LogP contribution is -2.22. The molecule has 0 bridgehead atoms. The summed E-state index contributed by atoms with van der Waals surface area (Å²) in [6.45, 7) is 0.553. The zero-order chi connectivity index (χ0) is 19.3. The summed E-state index contributed by atoms with van der Waals surface area (Å²) >= 11 is 1.56. The van der Waals surface area contributed by atoms with Crippen LogP contribution < -0.4 is 14.8 Å². The van der Waals surface area contributed by atoms with E-state index >= 15 is 0 Å². The second kappa shape index (κ2) is 8.14. The number of carbonyl (C=O) groups is 1. The number of carbonyl (C=O) groups excluding carboxylic acids is 1. The Balaban J connectivity index is 1.34. The molecule has 4 rings (SSSR count). The van der Waals surface area contributed by atoms with Crippen LogP contribution in [0, 0.1) is 0 Å². The Morgan fingerprint density at radius 1 is 1.07 bits per heavy atom. The predicted molar refractivity (Wildman–Crippen MR) is 107 cm³/mol. The van der Waals surface area contributed by atoms with Crippen molar-refractivity contribution < 1.29 is 18.7 Å². The molecule has 7 heteroatoms. The Hall–Kier alpha value is -3.32. The van der Waals surface area contributed by atoms with E-state index in [1.807, 2.05) is 48.5 Å². The van der Waals surface area contributed by atoms with E-state index in [2.05, 4.69) is 10.3 Å². The third-order valence-corrected chi connectivity index (χ3v) is 5.10. The molecule has 6 nitrogen and oxygen atoms in total. The summed E-state index contributed by atoms with van der Waals surface area (Å²) in [7, 11) is 1.59. The zero-order valence-corrected chi connectivity index (χ0v) is 16.0. The lowest BCUT2D eigenvalue weighted by molar-refractivity contribution is 0.0919. The van der Waals surface area contributed by atoms with Gasteiger partial charge in [-0.2, -0.15) is 0 Å². The van der Waals surface area contributed by atoms with E-state index in [9.17, 15) is 4.79 Å². The third-order valence-electron chi connectivity index (χ3n) is 4.06. The van der Waals surface area contributed by atoms with Crippen molar-refractivity contribution in [1.82, 2.24) is 10.3 Å². The molecule has 2 aromatic carbocycles. The molecule has 2 heterocycles. The van der Waals surface area contributed by atoms with Crippen molar-refractivity contribution in [3.05, 3.63) is 77.2 Å². The molecule has 0 radical (unpaired) electrons. The number of methoxy groups -OCH3 is 1. The van der Waals surface area contributed by atoms with Gasteiger partial charge in [-0.05, 0) is 36.4 Å². The Morgan fingerprint density at radius 2 is 1.86 bits per heavy atom. The highest BCUT2D eigenvalue weighted by molar-refractivity contribution is 7.18. The Morgan fingerprint density at radius 3 is 2.68 bits per heavy atom. The fourth-order valence-electron chi connectivity index (χ4n) is 2.70. The summed E-state index contributed by atoms with van der Waals surface area (Å²) in [5.74, 6) is 1.75. The number of benzene rings is 2. The van der Waals surface area contributed by atoms with Crippen LogP contribution >= 0.6 is 11.3 Å². The summed E-state index contributed by atoms with van der Waals surface area (Å²) < 4.78 is 17.7. The summed E-state index contributed by atoms with van der Waals surface area (Å²) in [6, 6.07) is 18.6. The number of nitrogens with one attached hydrogen (secondary N) is 1. The molecule has 0 fully saturated rings. The number of hydrogen-bond donors (Lipinski definition) is 1. The van der Waals surface area contributed by atoms with E-state index < -0.39 is 0 Å². The average molecular weight is 394 g/mol. The van der Waals surface area contributed by atoms with Crippen LogP contribution in [0.25, 0.3) is 10.2 Å². The number of ether oxygens (including phenoxy) is 2. The maximum Gasteiger partial charge on any atom is 0.287 e. The van der Waals surface area contributed by atoms with Crippen molar-refractivity contribution >= 4 is 27.5 Å². The molecule has 0 atom stereocenters. The van der Waals surface area contributed by atoms with Crippen LogP contribution in [0.2, 0.25) is 0 Å². The number of amides is 1. The van der Waals surface area contributed by atoms with Crippen LogP contribution in [0.15, 0.2) is 65.1 Å². The normalized spacial score (nSPS) is 10.8. The highest BCUT2D eigenvalue weighted by Gasteiger charge is 2.13. The van der Waals surface area contributed by atoms with Gasteiger partial charge in [0.05, 0.1) is 23.9 Å². The van der Waals surface area contributed by atoms with Crippen molar-refractivity contribution in [3.8, 4) is 11.5 Å². The molecule has 0 saturated heterocycles. The quantitative estimate of drug-likeness (QED) is 0.503. The van der Waals surface area contributed by atoms with Gasteiger partial charge in [-0.25, -0.2) is 4.98 Å². The van der Waals surface area contributed by atoms with Gasteiger partial charge in [0, 0.05) is 0 Å². The minimum Gasteiger partial charge on any atom is -0.493 e. The molecule has 142 valence electrons. The molecule has 0 unspecified atom stereocenters. The van der Waals surface area contributed by atoms with Crippen LogP contribution in [0.4, 0.5) is 0 Å². The summed E-state index contributed by atoms with van der Waals surface area (Å²) in [5, 5.41) is 3.68. The fourth-order valence-corrected chi connectivity index (χ4v) is 3.61. The fraction of sp³-hybridized carbons (Fsp3) is 0.143. The largest absolute Gasteiger partial charge is 0.493 e. The number of nitrogens with zero attached hydrogens (tertiary/aromatic N) is 1. The maximum absolute atomic E-state index is 12.3. The number of furan rings is 1. The predicted octanol–water partition coefficient (Wildman–Crippen LogP) is 4.41. The lowest BCUT2D eigenvalue weighted by Gasteiger charge is -2.08. The molecule has 0 aliphatic rings. The van der Waals surface area contributed by atoms with Crippen molar-refractivity contribution in [2.45, 2.75) is 13.2 Å². The van der Waals surface area contributed by atoms with Gasteiger partial charge in [0.1, 0.15) is 17.4 Å². The van der Waals surface area contributed by atoms with Crippen LogP contribution in [0.1, 0.15) is 21.3 Å². The Bertz CT molecular complexity index is 1070. The number of thiazole rings is 1. The van der Waals surface area contributed by atoms with Gasteiger partial charge in [0.2, 0.25) is 0 Å². The van der Waals surface area contributed by atoms with Gasteiger partial charge in [-0.1, -0.05) is 24.3 Å². The smallest absolute Gasteiger partial charge is 0.287 e. The lowest BCUT2D eigenvalue weighted by atomic mass is 10.3. The highest BCUT2D eigenvalue weighted by Crippen LogP contribution is 2.27. The van der Waals surface area contributed by atoms with E-state index in [4.69, 9.17) is 13.9 Å². The molecule has 2 aromatic heterocycles. The molecule has 0 aliphatic carbocycles. The Kier molecular flexibility index (Phi) is 5.25. The van der Waals surface area contributed by atoms with Gasteiger partial charge >= 0.3 is 0 Å². The van der Waals surface area contributed by atoms with E-state index in [0.717, 1.165) is 15.2 Å². The van der Waals surface area contributed by atoms with Crippen molar-refractivity contribution in [2.24, 2.45) is 0 Å². The van der Waals surface area contributed by atoms with Crippen LogP contribution in [0.5, 0.6) is 11.5 Å². The minimum absolute atomic E-state index is 0.200. The van der Waals surface area contributed by atoms with Gasteiger partial charge in [0.15, 0.2) is 17.3 Å². The number of hydrogen-bond acceptors (Lipinski definition) is 6. The van der Waals surface area contributed by atoms with Gasteiger partial charge in [-0.3, -0.25) is 4.79 Å². The van der Waals surface area contributed by atoms with Crippen LogP contribution in [-0.2, 0) is 13.2 Å². The first-order valence-corrected chi connectivity index (χ1v) is 9.52. The Labute approximate surface area is 165 Å². The molecule has 0 spiro atoms. The molecule has 4 aromatic rings. The van der Waals surface area contributed by atoms with Crippen molar-refractivity contribution in [2.75, 3.05) is 7.11 Å². The number of aromatic nitrogens is 1. The number of para-hydroxylation sites is 3. The zero-order valence-electron chi connectivity index (χ0n) is 15.2. The summed E-state index contributed by atoms with van der Waals surface area (Å²) in [5.41, 5.74) is 0.936. The highest BCUT2D eigenvalue weighted by atomic mass is 32.1. The first-order valence-electron chi connectivity index (χ1n) is 8.70. The number of fused-ring (bicyclic) bond motifs is 1. The molecular formula is C21H18N2O4S. The first kappa shape index (κ1) is 18.1. The standard InChI is InChI=1S/C21H18N2O4S/c1-25-16-7-3-4-8-17(16)26-13-14-10-11-18(27-14)21(24)22-12-20-23-15-6-2-5-9-19(15)28-20/h2-11H,12-13H2,1H3,(H,22,24). The van der Waals surface area contributed by atoms with E-state index in [-0.39, 0.29) is 18.3 Å². The molecular weight excluding hydrogens is 376 g/mol. The van der Waals surface area contributed by atoms with Crippen LogP contribution in [0.3, 0.4) is 0 Å². The molecule has 1 N–H and O–H groups in total. The van der Waals surface area contributed by atoms with E-state index in [0.29, 0.717) is 23.8 Å². The second-order valence-corrected chi connectivity index (χ2v) is 7.08. The van der Waals surface area contributed by atoms with Crippen molar-refractivity contribution in [3.63, 3.8) is 0 Å². The summed E-state index contributed by atoms with van der Waals surface area (Å²) in [4.78, 5) is 16.8. The van der Waals surface area contributed by atoms with Gasteiger partial charge in [-0.15, -0.1) is 11.3 Å².